The quantitative estimate of drug-likeness (QED) is 0.847. The highest BCUT2D eigenvalue weighted by atomic mass is 32.2. The lowest BCUT2D eigenvalue weighted by Gasteiger charge is -2.14. The molecule has 1 heterocycles. The standard InChI is InChI=1S/C13H23N3S/c1-2-16-8-7-15-13(16)9-11(14)10-17-12-5-3-4-6-12/h7-8,11-12H,2-6,9-10,14H2,1H3. The Labute approximate surface area is 108 Å². The van der Waals surface area contributed by atoms with Gasteiger partial charge in [-0.05, 0) is 19.8 Å². The van der Waals surface area contributed by atoms with Crippen LogP contribution in [-0.4, -0.2) is 26.6 Å². The number of nitrogens with zero attached hydrogens (tertiary/aromatic N) is 2. The van der Waals surface area contributed by atoms with Gasteiger partial charge in [-0.3, -0.25) is 0 Å². The molecule has 96 valence electrons. The maximum absolute atomic E-state index is 6.19. The minimum atomic E-state index is 0.244. The van der Waals surface area contributed by atoms with Crippen LogP contribution in [0.3, 0.4) is 0 Å². The minimum absolute atomic E-state index is 0.244. The first-order valence-electron chi connectivity index (χ1n) is 6.66. The summed E-state index contributed by atoms with van der Waals surface area (Å²) in [5, 5.41) is 0.868. The Morgan fingerprint density at radius 2 is 2.29 bits per heavy atom. The third kappa shape index (κ3) is 3.75. The summed E-state index contributed by atoms with van der Waals surface area (Å²) in [4.78, 5) is 4.38. The van der Waals surface area contributed by atoms with Gasteiger partial charge in [0, 0.05) is 42.4 Å². The summed E-state index contributed by atoms with van der Waals surface area (Å²) in [6, 6.07) is 0.244. The van der Waals surface area contributed by atoms with Crippen molar-refractivity contribution in [2.75, 3.05) is 5.75 Å². The average Bonchev–Trinajstić information content (AvgIpc) is 2.97. The van der Waals surface area contributed by atoms with Gasteiger partial charge >= 0.3 is 0 Å². The average molecular weight is 253 g/mol. The fourth-order valence-electron chi connectivity index (χ4n) is 2.43. The molecule has 0 amide bonds. The van der Waals surface area contributed by atoms with Crippen molar-refractivity contribution in [3.8, 4) is 0 Å². The van der Waals surface area contributed by atoms with E-state index in [2.05, 4.69) is 28.2 Å². The Morgan fingerprint density at radius 3 is 3.00 bits per heavy atom. The summed E-state index contributed by atoms with van der Waals surface area (Å²) < 4.78 is 2.18. The van der Waals surface area contributed by atoms with Crippen LogP contribution in [0.4, 0.5) is 0 Å². The van der Waals surface area contributed by atoms with E-state index in [0.717, 1.165) is 29.8 Å². The molecule has 0 aliphatic heterocycles. The lowest BCUT2D eigenvalue weighted by atomic mass is 10.2. The number of aryl methyl sites for hydroxylation is 1. The second-order valence-electron chi connectivity index (χ2n) is 4.83. The zero-order chi connectivity index (χ0) is 12.1. The van der Waals surface area contributed by atoms with Gasteiger partial charge in [-0.2, -0.15) is 11.8 Å². The third-order valence-corrected chi connectivity index (χ3v) is 5.00. The summed E-state index contributed by atoms with van der Waals surface area (Å²) in [6.07, 6.45) is 10.4. The number of thioether (sulfide) groups is 1. The summed E-state index contributed by atoms with van der Waals surface area (Å²) in [7, 11) is 0. The largest absolute Gasteiger partial charge is 0.335 e. The van der Waals surface area contributed by atoms with Gasteiger partial charge in [0.15, 0.2) is 0 Å². The minimum Gasteiger partial charge on any atom is -0.335 e. The number of imidazole rings is 1. The predicted molar refractivity (Wildman–Crippen MR) is 74.3 cm³/mol. The molecule has 2 rings (SSSR count). The van der Waals surface area contributed by atoms with Crippen LogP contribution in [0.1, 0.15) is 38.4 Å². The first kappa shape index (κ1) is 13.0. The van der Waals surface area contributed by atoms with Crippen molar-refractivity contribution < 1.29 is 0 Å². The van der Waals surface area contributed by atoms with Crippen molar-refractivity contribution in [3.63, 3.8) is 0 Å². The Balaban J connectivity index is 1.74. The maximum Gasteiger partial charge on any atom is 0.110 e. The molecular weight excluding hydrogens is 230 g/mol. The molecule has 4 heteroatoms. The van der Waals surface area contributed by atoms with Gasteiger partial charge in [-0.25, -0.2) is 4.98 Å². The Morgan fingerprint density at radius 1 is 1.53 bits per heavy atom. The van der Waals surface area contributed by atoms with E-state index in [-0.39, 0.29) is 6.04 Å². The Kier molecular flexibility index (Phi) is 4.92. The fraction of sp³-hybridized carbons (Fsp3) is 0.769. The van der Waals surface area contributed by atoms with E-state index >= 15 is 0 Å². The molecule has 1 fully saturated rings. The molecule has 1 aliphatic rings. The van der Waals surface area contributed by atoms with E-state index < -0.39 is 0 Å². The van der Waals surface area contributed by atoms with Crippen LogP contribution in [0.2, 0.25) is 0 Å². The van der Waals surface area contributed by atoms with Gasteiger partial charge in [-0.1, -0.05) is 12.8 Å². The van der Waals surface area contributed by atoms with Gasteiger partial charge in [-0.15, -0.1) is 0 Å². The van der Waals surface area contributed by atoms with Gasteiger partial charge in [0.2, 0.25) is 0 Å². The van der Waals surface area contributed by atoms with Crippen LogP contribution < -0.4 is 5.73 Å². The molecule has 1 unspecified atom stereocenters. The third-order valence-electron chi connectivity index (χ3n) is 3.44. The van der Waals surface area contributed by atoms with Crippen LogP contribution in [0, 0.1) is 0 Å². The first-order valence-corrected chi connectivity index (χ1v) is 7.71. The van der Waals surface area contributed by atoms with Gasteiger partial charge in [0.1, 0.15) is 5.82 Å². The lowest BCUT2D eigenvalue weighted by Crippen LogP contribution is -2.28. The van der Waals surface area contributed by atoms with Crippen molar-refractivity contribution in [1.29, 1.82) is 0 Å². The number of rotatable bonds is 6. The zero-order valence-electron chi connectivity index (χ0n) is 10.6. The van der Waals surface area contributed by atoms with E-state index in [4.69, 9.17) is 5.73 Å². The van der Waals surface area contributed by atoms with E-state index in [1.807, 2.05) is 12.4 Å². The van der Waals surface area contributed by atoms with Crippen LogP contribution in [0.5, 0.6) is 0 Å². The van der Waals surface area contributed by atoms with Crippen molar-refractivity contribution in [2.45, 2.75) is 56.9 Å². The highest BCUT2D eigenvalue weighted by Crippen LogP contribution is 2.29. The van der Waals surface area contributed by atoms with Gasteiger partial charge in [0.05, 0.1) is 0 Å². The molecular formula is C13H23N3S. The van der Waals surface area contributed by atoms with Crippen molar-refractivity contribution >= 4 is 11.8 Å². The van der Waals surface area contributed by atoms with E-state index in [9.17, 15) is 0 Å². The molecule has 0 bridgehead atoms. The number of aromatic nitrogens is 2. The molecule has 17 heavy (non-hydrogen) atoms. The molecule has 0 radical (unpaired) electrons. The molecule has 1 atom stereocenters. The van der Waals surface area contributed by atoms with Crippen LogP contribution in [-0.2, 0) is 13.0 Å². The Hall–Kier alpha value is -0.480. The van der Waals surface area contributed by atoms with Crippen LogP contribution in [0.15, 0.2) is 12.4 Å². The molecule has 2 N–H and O–H groups in total. The van der Waals surface area contributed by atoms with Crippen molar-refractivity contribution in [2.24, 2.45) is 5.73 Å². The van der Waals surface area contributed by atoms with Crippen LogP contribution >= 0.6 is 11.8 Å². The van der Waals surface area contributed by atoms with Crippen molar-refractivity contribution in [1.82, 2.24) is 9.55 Å². The number of hydrogen-bond donors (Lipinski definition) is 1. The molecule has 1 aromatic rings. The second-order valence-corrected chi connectivity index (χ2v) is 6.17. The second kappa shape index (κ2) is 6.45. The highest BCUT2D eigenvalue weighted by molar-refractivity contribution is 7.99. The topological polar surface area (TPSA) is 43.8 Å². The number of nitrogens with two attached hydrogens (primary N) is 1. The maximum atomic E-state index is 6.19. The molecule has 0 aromatic carbocycles. The molecule has 0 spiro atoms. The molecule has 0 saturated heterocycles. The Bertz CT molecular complexity index is 331. The smallest absolute Gasteiger partial charge is 0.110 e. The first-order chi connectivity index (χ1) is 8.29. The van der Waals surface area contributed by atoms with E-state index in [0.29, 0.717) is 0 Å². The predicted octanol–water partition coefficient (Wildman–Crippen LogP) is 2.45. The summed E-state index contributed by atoms with van der Waals surface area (Å²) in [5.74, 6) is 2.20. The van der Waals surface area contributed by atoms with Crippen LogP contribution in [0.25, 0.3) is 0 Å². The summed E-state index contributed by atoms with van der Waals surface area (Å²) >= 11 is 2.07. The molecule has 1 saturated carbocycles. The molecule has 1 aliphatic carbocycles. The normalized spacial score (nSPS) is 18.7. The van der Waals surface area contributed by atoms with Gasteiger partial charge < -0.3 is 10.3 Å². The molecule has 1 aromatic heterocycles. The highest BCUT2D eigenvalue weighted by Gasteiger charge is 2.17. The monoisotopic (exact) mass is 253 g/mol. The van der Waals surface area contributed by atoms with E-state index in [1.54, 1.807) is 0 Å². The molecule has 3 nitrogen and oxygen atoms in total. The fourth-order valence-corrected chi connectivity index (χ4v) is 3.73. The van der Waals surface area contributed by atoms with E-state index in [1.165, 1.54) is 25.7 Å². The van der Waals surface area contributed by atoms with Crippen molar-refractivity contribution in [3.05, 3.63) is 18.2 Å². The number of hydrogen-bond acceptors (Lipinski definition) is 3. The summed E-state index contributed by atoms with van der Waals surface area (Å²) in [5.41, 5.74) is 6.19. The SMILES string of the molecule is CCn1ccnc1CC(N)CSC1CCCC1. The lowest BCUT2D eigenvalue weighted by molar-refractivity contribution is 0.640. The summed E-state index contributed by atoms with van der Waals surface area (Å²) in [6.45, 7) is 3.13. The van der Waals surface area contributed by atoms with Gasteiger partial charge in [0.25, 0.3) is 0 Å². The zero-order valence-corrected chi connectivity index (χ0v) is 11.5.